The molecule has 0 spiro atoms. The van der Waals surface area contributed by atoms with Crippen LogP contribution in [-0.2, 0) is 9.47 Å². The first-order valence-electron chi connectivity index (χ1n) is 5.63. The van der Waals surface area contributed by atoms with E-state index in [4.69, 9.17) is 9.47 Å². The second-order valence-corrected chi connectivity index (χ2v) is 3.68. The van der Waals surface area contributed by atoms with Gasteiger partial charge in [0.15, 0.2) is 6.61 Å². The number of ether oxygens (including phenoxy) is 3. The molecule has 0 aliphatic rings. The number of hydrogen-bond donors (Lipinski definition) is 1. The van der Waals surface area contributed by atoms with Crippen molar-refractivity contribution in [3.8, 4) is 5.75 Å². The third kappa shape index (κ3) is 6.83. The van der Waals surface area contributed by atoms with Gasteiger partial charge >= 0.3 is 12.3 Å². The van der Waals surface area contributed by atoms with Crippen LogP contribution in [0.4, 0.5) is 23.7 Å². The molecule has 20 heavy (non-hydrogen) atoms. The lowest BCUT2D eigenvalue weighted by Crippen LogP contribution is -2.23. The second kappa shape index (κ2) is 7.59. The maximum Gasteiger partial charge on any atom is 0.422 e. The van der Waals surface area contributed by atoms with Gasteiger partial charge in [-0.25, -0.2) is 4.79 Å². The Morgan fingerprint density at radius 2 is 1.85 bits per heavy atom. The molecule has 1 amide bonds. The molecule has 0 aromatic heterocycles. The lowest BCUT2D eigenvalue weighted by molar-refractivity contribution is -0.159. The molecular formula is C12H14F3NO4. The monoisotopic (exact) mass is 293 g/mol. The van der Waals surface area contributed by atoms with E-state index in [0.29, 0.717) is 24.7 Å². The smallest absolute Gasteiger partial charge is 0.422 e. The second-order valence-electron chi connectivity index (χ2n) is 3.68. The number of amides is 1. The molecule has 0 atom stereocenters. The summed E-state index contributed by atoms with van der Waals surface area (Å²) in [5.74, 6) is 0.552. The molecule has 0 fully saturated rings. The highest BCUT2D eigenvalue weighted by Crippen LogP contribution is 2.17. The Labute approximate surface area is 113 Å². The van der Waals surface area contributed by atoms with Gasteiger partial charge in [-0.15, -0.1) is 0 Å². The number of carbonyl (C=O) groups is 1. The van der Waals surface area contributed by atoms with Gasteiger partial charge in [-0.1, -0.05) is 0 Å². The van der Waals surface area contributed by atoms with Crippen molar-refractivity contribution in [3.63, 3.8) is 0 Å². The molecule has 0 unspecified atom stereocenters. The number of alkyl halides is 3. The molecule has 1 aromatic rings. The van der Waals surface area contributed by atoms with Gasteiger partial charge in [-0.3, -0.25) is 5.32 Å². The summed E-state index contributed by atoms with van der Waals surface area (Å²) >= 11 is 0. The molecule has 0 saturated carbocycles. The van der Waals surface area contributed by atoms with Crippen LogP contribution in [0.25, 0.3) is 0 Å². The number of halogens is 3. The van der Waals surface area contributed by atoms with Crippen molar-refractivity contribution < 1.29 is 32.2 Å². The van der Waals surface area contributed by atoms with Crippen molar-refractivity contribution in [2.24, 2.45) is 0 Å². The van der Waals surface area contributed by atoms with E-state index in [1.807, 2.05) is 0 Å². The molecule has 0 aliphatic heterocycles. The molecule has 112 valence electrons. The molecule has 1 aromatic carbocycles. The number of hydrogen-bond acceptors (Lipinski definition) is 4. The summed E-state index contributed by atoms with van der Waals surface area (Å²) in [5, 5.41) is 2.17. The fraction of sp³-hybridized carbons (Fsp3) is 0.417. The summed E-state index contributed by atoms with van der Waals surface area (Å²) in [6.07, 6.45) is -5.72. The van der Waals surface area contributed by atoms with Gasteiger partial charge < -0.3 is 14.2 Å². The molecule has 1 N–H and O–H groups in total. The molecule has 0 saturated heterocycles. The number of rotatable bonds is 6. The fourth-order valence-electron chi connectivity index (χ4n) is 1.18. The van der Waals surface area contributed by atoms with Crippen LogP contribution >= 0.6 is 0 Å². The van der Waals surface area contributed by atoms with E-state index in [2.05, 4.69) is 10.1 Å². The molecule has 1 rings (SSSR count). The first-order chi connectivity index (χ1) is 9.40. The number of nitrogens with one attached hydrogen (secondary N) is 1. The average Bonchev–Trinajstić information content (AvgIpc) is 2.38. The van der Waals surface area contributed by atoms with Crippen LogP contribution in [0.5, 0.6) is 5.75 Å². The summed E-state index contributed by atoms with van der Waals surface area (Å²) in [6.45, 7) is -0.822. The third-order valence-electron chi connectivity index (χ3n) is 2.02. The molecule has 0 heterocycles. The van der Waals surface area contributed by atoms with Crippen LogP contribution in [0.1, 0.15) is 0 Å². The van der Waals surface area contributed by atoms with Gasteiger partial charge in [0, 0.05) is 12.8 Å². The molecule has 5 nitrogen and oxygen atoms in total. The summed E-state index contributed by atoms with van der Waals surface area (Å²) < 4.78 is 49.6. The highest BCUT2D eigenvalue weighted by atomic mass is 19.4. The zero-order valence-electron chi connectivity index (χ0n) is 10.7. The zero-order valence-corrected chi connectivity index (χ0v) is 10.7. The Bertz CT molecular complexity index is 420. The molecular weight excluding hydrogens is 279 g/mol. The van der Waals surface area contributed by atoms with Gasteiger partial charge in [0.25, 0.3) is 0 Å². The minimum Gasteiger partial charge on any atom is -0.491 e. The first-order valence-corrected chi connectivity index (χ1v) is 5.63. The summed E-state index contributed by atoms with van der Waals surface area (Å²) in [5.41, 5.74) is 0.302. The standard InChI is InChI=1S/C12H14F3NO4/c1-18-6-7-19-10-4-2-9(3-5-10)16-11(17)20-8-12(13,14)15/h2-5H,6-8H2,1H3,(H,16,17). The van der Waals surface area contributed by atoms with Crippen LogP contribution in [0, 0.1) is 0 Å². The zero-order chi connectivity index (χ0) is 15.0. The molecule has 0 bridgehead atoms. The maximum absolute atomic E-state index is 11.8. The predicted octanol–water partition coefficient (Wildman–Crippen LogP) is 2.82. The average molecular weight is 293 g/mol. The number of carbonyl (C=O) groups excluding carboxylic acids is 1. The number of benzene rings is 1. The van der Waals surface area contributed by atoms with Crippen LogP contribution in [0.15, 0.2) is 24.3 Å². The fourth-order valence-corrected chi connectivity index (χ4v) is 1.18. The lowest BCUT2D eigenvalue weighted by Gasteiger charge is -2.10. The topological polar surface area (TPSA) is 56.8 Å². The van der Waals surface area contributed by atoms with Gasteiger partial charge in [0.1, 0.15) is 12.4 Å². The van der Waals surface area contributed by atoms with E-state index in [-0.39, 0.29) is 0 Å². The quantitative estimate of drug-likeness (QED) is 0.819. The van der Waals surface area contributed by atoms with Crippen LogP contribution in [0.3, 0.4) is 0 Å². The highest BCUT2D eigenvalue weighted by Gasteiger charge is 2.29. The Kier molecular flexibility index (Phi) is 6.10. The van der Waals surface area contributed by atoms with Gasteiger partial charge in [-0.05, 0) is 24.3 Å². The Hall–Kier alpha value is -1.96. The summed E-state index contributed by atoms with van der Waals surface area (Å²) in [6, 6.07) is 6.10. The lowest BCUT2D eigenvalue weighted by atomic mass is 10.3. The molecule has 0 radical (unpaired) electrons. The van der Waals surface area contributed by atoms with Gasteiger partial charge in [0.2, 0.25) is 0 Å². The molecule has 8 heteroatoms. The predicted molar refractivity (Wildman–Crippen MR) is 64.8 cm³/mol. The van der Waals surface area contributed by atoms with E-state index < -0.39 is 18.9 Å². The van der Waals surface area contributed by atoms with Crippen molar-refractivity contribution in [1.29, 1.82) is 0 Å². The van der Waals surface area contributed by atoms with E-state index in [1.165, 1.54) is 12.1 Å². The normalized spacial score (nSPS) is 11.0. The number of anilines is 1. The van der Waals surface area contributed by atoms with Crippen molar-refractivity contribution in [1.82, 2.24) is 0 Å². The van der Waals surface area contributed by atoms with Crippen molar-refractivity contribution in [3.05, 3.63) is 24.3 Å². The van der Waals surface area contributed by atoms with E-state index in [9.17, 15) is 18.0 Å². The highest BCUT2D eigenvalue weighted by molar-refractivity contribution is 5.84. The van der Waals surface area contributed by atoms with Crippen molar-refractivity contribution >= 4 is 11.8 Å². The van der Waals surface area contributed by atoms with Gasteiger partial charge in [0.05, 0.1) is 6.61 Å². The summed E-state index contributed by atoms with van der Waals surface area (Å²) in [4.78, 5) is 11.1. The third-order valence-corrected chi connectivity index (χ3v) is 2.02. The van der Waals surface area contributed by atoms with E-state index in [0.717, 1.165) is 0 Å². The largest absolute Gasteiger partial charge is 0.491 e. The number of methoxy groups -OCH3 is 1. The van der Waals surface area contributed by atoms with Crippen LogP contribution < -0.4 is 10.1 Å². The van der Waals surface area contributed by atoms with E-state index in [1.54, 1.807) is 19.2 Å². The van der Waals surface area contributed by atoms with Crippen molar-refractivity contribution in [2.45, 2.75) is 6.18 Å². The minimum absolute atomic E-state index is 0.302. The first kappa shape index (κ1) is 16.1. The Morgan fingerprint density at radius 3 is 2.40 bits per heavy atom. The SMILES string of the molecule is COCCOc1ccc(NC(=O)OCC(F)(F)F)cc1. The van der Waals surface area contributed by atoms with Crippen molar-refractivity contribution in [2.75, 3.05) is 32.2 Å². The van der Waals surface area contributed by atoms with Crippen LogP contribution in [-0.4, -0.2) is 39.2 Å². The van der Waals surface area contributed by atoms with Gasteiger partial charge in [-0.2, -0.15) is 13.2 Å². The maximum atomic E-state index is 11.8. The molecule has 0 aliphatic carbocycles. The van der Waals surface area contributed by atoms with E-state index >= 15 is 0 Å². The van der Waals surface area contributed by atoms with Crippen LogP contribution in [0.2, 0.25) is 0 Å². The Balaban J connectivity index is 2.39. The summed E-state index contributed by atoms with van der Waals surface area (Å²) in [7, 11) is 1.54. The minimum atomic E-state index is -4.55. The Morgan fingerprint density at radius 1 is 1.20 bits per heavy atom.